The Hall–Kier alpha value is -0.570. The van der Waals surface area contributed by atoms with Crippen LogP contribution < -0.4 is 0 Å². The van der Waals surface area contributed by atoms with E-state index in [0.717, 1.165) is 19.3 Å². The van der Waals surface area contributed by atoms with Gasteiger partial charge in [-0.2, -0.15) is 0 Å². The smallest absolute Gasteiger partial charge is 0.308 e. The summed E-state index contributed by atoms with van der Waals surface area (Å²) in [5, 5.41) is 9.49. The first kappa shape index (κ1) is 14.4. The number of hydrogen-bond acceptors (Lipinski definition) is 3. The minimum atomic E-state index is -0.552. The normalized spacial score (nSPS) is 12.9. The summed E-state index contributed by atoms with van der Waals surface area (Å²) in [6.07, 6.45) is 3.36. The molecular weight excluding hydrogens is 192 g/mol. The van der Waals surface area contributed by atoms with Crippen LogP contribution in [-0.4, -0.2) is 23.8 Å². The molecule has 0 heterocycles. The van der Waals surface area contributed by atoms with Crippen LogP contribution in [0.3, 0.4) is 0 Å². The molecule has 1 atom stereocenters. The highest BCUT2D eigenvalue weighted by molar-refractivity contribution is 5.69. The maximum atomic E-state index is 11.2. The van der Waals surface area contributed by atoms with Crippen LogP contribution in [-0.2, 0) is 9.53 Å². The number of rotatable bonds is 8. The summed E-state index contributed by atoms with van der Waals surface area (Å²) in [5.41, 5.74) is 0. The molecule has 0 aliphatic heterocycles. The van der Waals surface area contributed by atoms with Crippen LogP contribution in [0.1, 0.15) is 52.9 Å². The summed E-state index contributed by atoms with van der Waals surface area (Å²) in [5.74, 6) is 0.132. The van der Waals surface area contributed by atoms with Gasteiger partial charge in [0.1, 0.15) is 0 Å². The molecule has 0 saturated heterocycles. The lowest BCUT2D eigenvalue weighted by atomic mass is 10.0. The second kappa shape index (κ2) is 8.72. The molecule has 0 fully saturated rings. The van der Waals surface area contributed by atoms with Gasteiger partial charge < -0.3 is 9.84 Å². The van der Waals surface area contributed by atoms with E-state index in [9.17, 15) is 9.90 Å². The largest absolute Gasteiger partial charge is 0.466 e. The van der Waals surface area contributed by atoms with Gasteiger partial charge in [-0.05, 0) is 18.8 Å². The third-order valence-electron chi connectivity index (χ3n) is 2.16. The first-order valence-electron chi connectivity index (χ1n) is 5.90. The van der Waals surface area contributed by atoms with Crippen LogP contribution >= 0.6 is 0 Å². The number of unbranched alkanes of at least 4 members (excludes halogenated alkanes) is 2. The summed E-state index contributed by atoms with van der Waals surface area (Å²) in [6, 6.07) is 0. The van der Waals surface area contributed by atoms with E-state index in [1.54, 1.807) is 0 Å². The van der Waals surface area contributed by atoms with E-state index in [4.69, 9.17) is 4.74 Å². The van der Waals surface area contributed by atoms with Crippen molar-refractivity contribution in [2.24, 2.45) is 5.92 Å². The Labute approximate surface area is 92.8 Å². The van der Waals surface area contributed by atoms with Crippen molar-refractivity contribution in [2.75, 3.05) is 6.61 Å². The van der Waals surface area contributed by atoms with Crippen LogP contribution in [0, 0.1) is 5.92 Å². The van der Waals surface area contributed by atoms with Gasteiger partial charge in [-0.1, -0.05) is 33.6 Å². The number of aliphatic hydroxyl groups excluding tert-OH is 1. The van der Waals surface area contributed by atoms with Gasteiger partial charge in [0.25, 0.3) is 0 Å². The highest BCUT2D eigenvalue weighted by atomic mass is 16.5. The van der Waals surface area contributed by atoms with Crippen molar-refractivity contribution in [1.82, 2.24) is 0 Å². The molecule has 1 unspecified atom stereocenters. The number of aliphatic hydroxyl groups is 1. The Morgan fingerprint density at radius 3 is 2.53 bits per heavy atom. The van der Waals surface area contributed by atoms with Gasteiger partial charge in [0.2, 0.25) is 0 Å². The molecule has 0 aromatic rings. The molecule has 15 heavy (non-hydrogen) atoms. The monoisotopic (exact) mass is 216 g/mol. The average Bonchev–Trinajstić information content (AvgIpc) is 2.10. The zero-order valence-electron chi connectivity index (χ0n) is 10.2. The third kappa shape index (κ3) is 9.73. The average molecular weight is 216 g/mol. The van der Waals surface area contributed by atoms with Crippen molar-refractivity contribution >= 4 is 5.97 Å². The molecule has 0 saturated carbocycles. The molecule has 0 spiro atoms. The Bertz CT molecular complexity index is 166. The molecule has 0 radical (unpaired) electrons. The Balaban J connectivity index is 3.47. The van der Waals surface area contributed by atoms with Gasteiger partial charge >= 0.3 is 5.97 Å². The fraction of sp³-hybridized carbons (Fsp3) is 0.917. The number of ether oxygens (including phenoxy) is 1. The number of carbonyl (C=O) groups is 1. The summed E-state index contributed by atoms with van der Waals surface area (Å²) >= 11 is 0. The van der Waals surface area contributed by atoms with Crippen molar-refractivity contribution in [3.63, 3.8) is 0 Å². The number of hydrogen-bond donors (Lipinski definition) is 1. The SMILES string of the molecule is CCCCCOC(=O)CC(O)CC(C)C. The van der Waals surface area contributed by atoms with E-state index in [1.165, 1.54) is 0 Å². The van der Waals surface area contributed by atoms with Crippen molar-refractivity contribution < 1.29 is 14.6 Å². The zero-order valence-corrected chi connectivity index (χ0v) is 10.2. The van der Waals surface area contributed by atoms with Gasteiger partial charge in [0.15, 0.2) is 0 Å². The maximum absolute atomic E-state index is 11.2. The molecule has 90 valence electrons. The van der Waals surface area contributed by atoms with Crippen LogP contribution in [0.25, 0.3) is 0 Å². The van der Waals surface area contributed by atoms with Gasteiger partial charge in [-0.25, -0.2) is 0 Å². The predicted molar refractivity (Wildman–Crippen MR) is 60.6 cm³/mol. The molecule has 0 aromatic carbocycles. The molecule has 3 nitrogen and oxygen atoms in total. The number of esters is 1. The molecule has 1 N–H and O–H groups in total. The highest BCUT2D eigenvalue weighted by Gasteiger charge is 2.13. The van der Waals surface area contributed by atoms with Crippen LogP contribution in [0.5, 0.6) is 0 Å². The van der Waals surface area contributed by atoms with Gasteiger partial charge in [0.05, 0.1) is 19.1 Å². The van der Waals surface area contributed by atoms with Crippen molar-refractivity contribution in [3.05, 3.63) is 0 Å². The highest BCUT2D eigenvalue weighted by Crippen LogP contribution is 2.08. The Morgan fingerprint density at radius 1 is 1.33 bits per heavy atom. The minimum absolute atomic E-state index is 0.129. The molecule has 0 aliphatic carbocycles. The third-order valence-corrected chi connectivity index (χ3v) is 2.16. The van der Waals surface area contributed by atoms with E-state index in [0.29, 0.717) is 18.9 Å². The van der Waals surface area contributed by atoms with E-state index in [-0.39, 0.29) is 12.4 Å². The Morgan fingerprint density at radius 2 is 2.00 bits per heavy atom. The topological polar surface area (TPSA) is 46.5 Å². The summed E-state index contributed by atoms with van der Waals surface area (Å²) < 4.78 is 5.00. The molecule has 3 heteroatoms. The van der Waals surface area contributed by atoms with E-state index in [2.05, 4.69) is 6.92 Å². The second-order valence-electron chi connectivity index (χ2n) is 4.42. The first-order valence-corrected chi connectivity index (χ1v) is 5.90. The lowest BCUT2D eigenvalue weighted by molar-refractivity contribution is -0.146. The quantitative estimate of drug-likeness (QED) is 0.501. The molecular formula is C12H24O3. The van der Waals surface area contributed by atoms with E-state index in [1.807, 2.05) is 13.8 Å². The van der Waals surface area contributed by atoms with Crippen LogP contribution in [0.15, 0.2) is 0 Å². The maximum Gasteiger partial charge on any atom is 0.308 e. The summed E-state index contributed by atoms with van der Waals surface area (Å²) in [4.78, 5) is 11.2. The van der Waals surface area contributed by atoms with Gasteiger partial charge in [0, 0.05) is 0 Å². The molecule has 0 amide bonds. The molecule has 0 aliphatic rings. The predicted octanol–water partition coefficient (Wildman–Crippen LogP) is 2.52. The standard InChI is InChI=1S/C12H24O3/c1-4-5-6-7-15-12(14)9-11(13)8-10(2)3/h10-11,13H,4-9H2,1-3H3. The zero-order chi connectivity index (χ0) is 11.7. The fourth-order valence-electron chi connectivity index (χ4n) is 1.42. The van der Waals surface area contributed by atoms with Gasteiger partial charge in [-0.15, -0.1) is 0 Å². The second-order valence-corrected chi connectivity index (χ2v) is 4.42. The Kier molecular flexibility index (Phi) is 8.38. The van der Waals surface area contributed by atoms with Crippen molar-refractivity contribution in [2.45, 2.75) is 59.0 Å². The lowest BCUT2D eigenvalue weighted by Crippen LogP contribution is -2.17. The molecule has 0 aromatic heterocycles. The number of carbonyl (C=O) groups excluding carboxylic acids is 1. The van der Waals surface area contributed by atoms with Crippen LogP contribution in [0.2, 0.25) is 0 Å². The van der Waals surface area contributed by atoms with Crippen LogP contribution in [0.4, 0.5) is 0 Å². The first-order chi connectivity index (χ1) is 7.06. The van der Waals surface area contributed by atoms with Gasteiger partial charge in [-0.3, -0.25) is 4.79 Å². The summed E-state index contributed by atoms with van der Waals surface area (Å²) in [7, 11) is 0. The summed E-state index contributed by atoms with van der Waals surface area (Å²) in [6.45, 7) is 6.64. The van der Waals surface area contributed by atoms with E-state index >= 15 is 0 Å². The minimum Gasteiger partial charge on any atom is -0.466 e. The lowest BCUT2D eigenvalue weighted by Gasteiger charge is -2.12. The molecule has 0 rings (SSSR count). The van der Waals surface area contributed by atoms with Crippen molar-refractivity contribution in [3.8, 4) is 0 Å². The fourth-order valence-corrected chi connectivity index (χ4v) is 1.42. The van der Waals surface area contributed by atoms with Crippen molar-refractivity contribution in [1.29, 1.82) is 0 Å². The van der Waals surface area contributed by atoms with E-state index < -0.39 is 6.10 Å². The molecule has 0 bridgehead atoms.